The van der Waals surface area contributed by atoms with E-state index in [1.165, 1.54) is 22.3 Å². The summed E-state index contributed by atoms with van der Waals surface area (Å²) in [4.78, 5) is 0. The van der Waals surface area contributed by atoms with Gasteiger partial charge in [-0.15, -0.1) is 0 Å². The minimum absolute atomic E-state index is 0.572. The first-order valence-electron chi connectivity index (χ1n) is 7.21. The first-order chi connectivity index (χ1) is 9.70. The van der Waals surface area contributed by atoms with Crippen LogP contribution in [0.5, 0.6) is 0 Å². The Labute approximate surface area is 122 Å². The zero-order chi connectivity index (χ0) is 14.4. The van der Waals surface area contributed by atoms with Crippen molar-refractivity contribution >= 4 is 5.57 Å². The van der Waals surface area contributed by atoms with Crippen molar-refractivity contribution in [1.29, 1.82) is 0 Å². The molecule has 0 saturated heterocycles. The molecule has 102 valence electrons. The number of hydrogen-bond donors (Lipinski definition) is 0. The second-order valence-corrected chi connectivity index (χ2v) is 5.29. The third kappa shape index (κ3) is 3.71. The van der Waals surface area contributed by atoms with Gasteiger partial charge in [0.1, 0.15) is 0 Å². The average Bonchev–Trinajstić information content (AvgIpc) is 2.49. The molecule has 0 aromatic heterocycles. The summed E-state index contributed by atoms with van der Waals surface area (Å²) in [5.41, 5.74) is 5.07. The molecule has 2 aromatic rings. The fourth-order valence-electron chi connectivity index (χ4n) is 2.16. The molecule has 0 fully saturated rings. The molecule has 0 saturated carbocycles. The first-order valence-corrected chi connectivity index (χ1v) is 7.21. The maximum Gasteiger partial charge on any atom is -0.0178 e. The highest BCUT2D eigenvalue weighted by Gasteiger charge is 2.01. The Morgan fingerprint density at radius 3 is 2.25 bits per heavy atom. The van der Waals surface area contributed by atoms with E-state index in [0.717, 1.165) is 0 Å². The van der Waals surface area contributed by atoms with Crippen LogP contribution in [-0.4, -0.2) is 0 Å². The lowest BCUT2D eigenvalue weighted by Gasteiger charge is -2.07. The topological polar surface area (TPSA) is 0 Å². The number of allylic oxidation sites excluding steroid dienone is 4. The van der Waals surface area contributed by atoms with Crippen molar-refractivity contribution < 1.29 is 0 Å². The fourth-order valence-corrected chi connectivity index (χ4v) is 2.16. The quantitative estimate of drug-likeness (QED) is 0.595. The number of hydrogen-bond acceptors (Lipinski definition) is 0. The Morgan fingerprint density at radius 2 is 1.60 bits per heavy atom. The average molecular weight is 262 g/mol. The van der Waals surface area contributed by atoms with Crippen LogP contribution in [-0.2, 0) is 0 Å². The molecule has 0 heteroatoms. The van der Waals surface area contributed by atoms with Gasteiger partial charge in [0, 0.05) is 0 Å². The minimum atomic E-state index is 0.572. The SMILES string of the molecule is C/C=C(\C=C/C(C)C)c1cccc(-c2ccccc2)c1. The van der Waals surface area contributed by atoms with E-state index in [4.69, 9.17) is 0 Å². The third-order valence-electron chi connectivity index (χ3n) is 3.27. The van der Waals surface area contributed by atoms with Crippen molar-refractivity contribution in [3.8, 4) is 11.1 Å². The Hall–Kier alpha value is -2.08. The van der Waals surface area contributed by atoms with Crippen molar-refractivity contribution in [3.05, 3.63) is 78.4 Å². The van der Waals surface area contributed by atoms with E-state index >= 15 is 0 Å². The largest absolute Gasteiger partial charge is 0.0814 e. The van der Waals surface area contributed by atoms with Crippen molar-refractivity contribution in [2.24, 2.45) is 5.92 Å². The zero-order valence-electron chi connectivity index (χ0n) is 12.5. The summed E-state index contributed by atoms with van der Waals surface area (Å²) >= 11 is 0. The van der Waals surface area contributed by atoms with Crippen molar-refractivity contribution in [2.45, 2.75) is 20.8 Å². The molecule has 2 aromatic carbocycles. The molecule has 0 N–H and O–H groups in total. The smallest absolute Gasteiger partial charge is 0.0178 e. The van der Waals surface area contributed by atoms with Gasteiger partial charge in [-0.05, 0) is 41.2 Å². The maximum atomic E-state index is 2.26. The maximum absolute atomic E-state index is 2.26. The zero-order valence-corrected chi connectivity index (χ0v) is 12.5. The predicted molar refractivity (Wildman–Crippen MR) is 89.5 cm³/mol. The van der Waals surface area contributed by atoms with Crippen LogP contribution in [0, 0.1) is 5.92 Å². The van der Waals surface area contributed by atoms with Gasteiger partial charge in [-0.3, -0.25) is 0 Å². The molecule has 0 aliphatic heterocycles. The molecule has 0 radical (unpaired) electrons. The summed E-state index contributed by atoms with van der Waals surface area (Å²) in [6.45, 7) is 6.49. The summed E-state index contributed by atoms with van der Waals surface area (Å²) < 4.78 is 0. The second kappa shape index (κ2) is 6.91. The van der Waals surface area contributed by atoms with E-state index in [-0.39, 0.29) is 0 Å². The van der Waals surface area contributed by atoms with E-state index < -0.39 is 0 Å². The number of rotatable bonds is 4. The fraction of sp³-hybridized carbons (Fsp3) is 0.200. The first kappa shape index (κ1) is 14.3. The van der Waals surface area contributed by atoms with Crippen LogP contribution < -0.4 is 0 Å². The van der Waals surface area contributed by atoms with Crippen LogP contribution in [0.1, 0.15) is 26.3 Å². The summed E-state index contributed by atoms with van der Waals surface area (Å²) in [5.74, 6) is 0.572. The lowest BCUT2D eigenvalue weighted by molar-refractivity contribution is 0.832. The van der Waals surface area contributed by atoms with Crippen LogP contribution >= 0.6 is 0 Å². The summed E-state index contributed by atoms with van der Waals surface area (Å²) in [5, 5.41) is 0. The second-order valence-electron chi connectivity index (χ2n) is 5.29. The van der Waals surface area contributed by atoms with Gasteiger partial charge in [-0.25, -0.2) is 0 Å². The molecule has 0 spiro atoms. The highest BCUT2D eigenvalue weighted by Crippen LogP contribution is 2.24. The van der Waals surface area contributed by atoms with E-state index in [1.807, 2.05) is 0 Å². The molecule has 0 heterocycles. The van der Waals surface area contributed by atoms with E-state index in [9.17, 15) is 0 Å². The molecular weight excluding hydrogens is 240 g/mol. The Balaban J connectivity index is 2.34. The van der Waals surface area contributed by atoms with Crippen LogP contribution in [0.4, 0.5) is 0 Å². The standard InChI is InChI=1S/C20H22/c1-4-17(14-13-16(2)3)19-11-8-12-20(15-19)18-9-6-5-7-10-18/h4-16H,1-3H3/b14-13-,17-4+. The van der Waals surface area contributed by atoms with Gasteiger partial charge in [0.05, 0.1) is 0 Å². The summed E-state index contributed by atoms with van der Waals surface area (Å²) in [7, 11) is 0. The van der Waals surface area contributed by atoms with Crippen LogP contribution in [0.15, 0.2) is 72.8 Å². The highest BCUT2D eigenvalue weighted by atomic mass is 14.1. The van der Waals surface area contributed by atoms with Crippen molar-refractivity contribution in [3.63, 3.8) is 0 Å². The van der Waals surface area contributed by atoms with Crippen LogP contribution in [0.3, 0.4) is 0 Å². The molecule has 0 nitrogen and oxygen atoms in total. The number of benzene rings is 2. The van der Waals surface area contributed by atoms with E-state index in [0.29, 0.717) is 5.92 Å². The molecule has 0 aliphatic rings. The lowest BCUT2D eigenvalue weighted by Crippen LogP contribution is -1.85. The highest BCUT2D eigenvalue weighted by molar-refractivity contribution is 5.77. The van der Waals surface area contributed by atoms with Crippen LogP contribution in [0.2, 0.25) is 0 Å². The van der Waals surface area contributed by atoms with Crippen molar-refractivity contribution in [1.82, 2.24) is 0 Å². The Morgan fingerprint density at radius 1 is 0.900 bits per heavy atom. The van der Waals surface area contributed by atoms with E-state index in [1.54, 1.807) is 0 Å². The van der Waals surface area contributed by atoms with Crippen molar-refractivity contribution in [2.75, 3.05) is 0 Å². The van der Waals surface area contributed by atoms with Crippen LogP contribution in [0.25, 0.3) is 16.7 Å². The lowest BCUT2D eigenvalue weighted by atomic mass is 9.98. The Bertz CT molecular complexity index is 601. The third-order valence-corrected chi connectivity index (χ3v) is 3.27. The monoisotopic (exact) mass is 262 g/mol. The Kier molecular flexibility index (Phi) is 4.95. The van der Waals surface area contributed by atoms with Gasteiger partial charge in [0.15, 0.2) is 0 Å². The normalized spacial score (nSPS) is 12.3. The van der Waals surface area contributed by atoms with Gasteiger partial charge >= 0.3 is 0 Å². The minimum Gasteiger partial charge on any atom is -0.0814 e. The predicted octanol–water partition coefficient (Wildman–Crippen LogP) is 5.97. The van der Waals surface area contributed by atoms with Gasteiger partial charge in [0.2, 0.25) is 0 Å². The summed E-state index contributed by atoms with van der Waals surface area (Å²) in [6, 6.07) is 19.2. The molecule has 0 unspecified atom stereocenters. The van der Waals surface area contributed by atoms with Gasteiger partial charge in [-0.2, -0.15) is 0 Å². The van der Waals surface area contributed by atoms with Gasteiger partial charge in [-0.1, -0.05) is 80.6 Å². The molecule has 0 amide bonds. The molecule has 0 aliphatic carbocycles. The molecule has 2 rings (SSSR count). The molecular formula is C20H22. The van der Waals surface area contributed by atoms with E-state index in [2.05, 4.69) is 93.6 Å². The molecule has 0 bridgehead atoms. The molecule has 0 atom stereocenters. The molecule has 20 heavy (non-hydrogen) atoms. The van der Waals surface area contributed by atoms with Gasteiger partial charge < -0.3 is 0 Å². The van der Waals surface area contributed by atoms with Gasteiger partial charge in [0.25, 0.3) is 0 Å². The summed E-state index contributed by atoms with van der Waals surface area (Å²) in [6.07, 6.45) is 6.63.